The van der Waals surface area contributed by atoms with E-state index in [1.807, 2.05) is 11.8 Å². The van der Waals surface area contributed by atoms with Crippen molar-refractivity contribution in [3.8, 4) is 0 Å². The second-order valence-electron chi connectivity index (χ2n) is 3.80. The van der Waals surface area contributed by atoms with E-state index >= 15 is 0 Å². The number of unbranched alkanes of at least 4 members (excludes halogenated alkanes) is 2. The van der Waals surface area contributed by atoms with Crippen LogP contribution in [-0.4, -0.2) is 17.3 Å². The van der Waals surface area contributed by atoms with Crippen LogP contribution in [0.25, 0.3) is 0 Å². The zero-order valence-corrected chi connectivity index (χ0v) is 10.4. The molecule has 1 nitrogen and oxygen atoms in total. The maximum atomic E-state index is 5.78. The maximum Gasteiger partial charge on any atom is 0.108 e. The molecule has 80 valence electrons. The molecule has 0 fully saturated rings. The van der Waals surface area contributed by atoms with Crippen molar-refractivity contribution in [2.75, 3.05) is 12.4 Å². The van der Waals surface area contributed by atoms with Gasteiger partial charge in [-0.2, -0.15) is 0 Å². The Morgan fingerprint density at radius 1 is 1.08 bits per heavy atom. The molecule has 0 saturated heterocycles. The Morgan fingerprint density at radius 2 is 1.69 bits per heavy atom. The SMILES string of the molecule is CCCCOC(C)(C)SCCCC. The van der Waals surface area contributed by atoms with Crippen LogP contribution in [-0.2, 0) is 4.74 Å². The first kappa shape index (κ1) is 13.3. The molecular weight excluding hydrogens is 180 g/mol. The van der Waals surface area contributed by atoms with Gasteiger partial charge in [0.25, 0.3) is 0 Å². The lowest BCUT2D eigenvalue weighted by atomic mass is 10.3. The second kappa shape index (κ2) is 7.69. The van der Waals surface area contributed by atoms with Gasteiger partial charge in [-0.15, -0.1) is 11.8 Å². The van der Waals surface area contributed by atoms with E-state index in [0.717, 1.165) is 6.61 Å². The minimum atomic E-state index is 0.0182. The summed E-state index contributed by atoms with van der Waals surface area (Å²) in [6.07, 6.45) is 4.97. The number of rotatable bonds is 8. The summed E-state index contributed by atoms with van der Waals surface area (Å²) in [5.74, 6) is 1.22. The Bertz CT molecular complexity index is 101. The predicted octanol–water partition coefficient (Wildman–Crippen LogP) is 4.07. The summed E-state index contributed by atoms with van der Waals surface area (Å²) in [6.45, 7) is 9.67. The maximum absolute atomic E-state index is 5.78. The van der Waals surface area contributed by atoms with E-state index in [9.17, 15) is 0 Å². The molecule has 0 N–H and O–H groups in total. The molecule has 0 saturated carbocycles. The minimum Gasteiger partial charge on any atom is -0.365 e. The highest BCUT2D eigenvalue weighted by molar-refractivity contribution is 8.00. The lowest BCUT2D eigenvalue weighted by Gasteiger charge is -2.24. The quantitative estimate of drug-likeness (QED) is 0.435. The van der Waals surface area contributed by atoms with Crippen molar-refractivity contribution in [3.63, 3.8) is 0 Å². The van der Waals surface area contributed by atoms with Crippen LogP contribution in [0, 0.1) is 0 Å². The Hall–Kier alpha value is 0.310. The van der Waals surface area contributed by atoms with Crippen LogP contribution >= 0.6 is 11.8 Å². The normalized spacial score (nSPS) is 12.0. The van der Waals surface area contributed by atoms with Gasteiger partial charge in [-0.25, -0.2) is 0 Å². The Balaban J connectivity index is 3.42. The van der Waals surface area contributed by atoms with Crippen molar-refractivity contribution < 1.29 is 4.74 Å². The predicted molar refractivity (Wildman–Crippen MR) is 62.3 cm³/mol. The summed E-state index contributed by atoms with van der Waals surface area (Å²) < 4.78 is 5.78. The molecule has 0 aliphatic heterocycles. The van der Waals surface area contributed by atoms with Gasteiger partial charge in [0.2, 0.25) is 0 Å². The van der Waals surface area contributed by atoms with Gasteiger partial charge in [0.05, 0.1) is 0 Å². The van der Waals surface area contributed by atoms with Crippen molar-refractivity contribution in [1.82, 2.24) is 0 Å². The molecule has 13 heavy (non-hydrogen) atoms. The van der Waals surface area contributed by atoms with Crippen LogP contribution in [0.15, 0.2) is 0 Å². The first-order chi connectivity index (χ1) is 6.12. The third-order valence-corrected chi connectivity index (χ3v) is 3.20. The van der Waals surface area contributed by atoms with E-state index < -0.39 is 0 Å². The molecule has 0 atom stereocenters. The van der Waals surface area contributed by atoms with E-state index in [1.54, 1.807) is 0 Å². The minimum absolute atomic E-state index is 0.0182. The van der Waals surface area contributed by atoms with Gasteiger partial charge >= 0.3 is 0 Å². The third kappa shape index (κ3) is 8.63. The number of thioether (sulfide) groups is 1. The highest BCUT2D eigenvalue weighted by Crippen LogP contribution is 2.26. The van der Waals surface area contributed by atoms with E-state index in [-0.39, 0.29) is 4.93 Å². The van der Waals surface area contributed by atoms with Crippen LogP contribution in [0.5, 0.6) is 0 Å². The van der Waals surface area contributed by atoms with Crippen LogP contribution in [0.3, 0.4) is 0 Å². The van der Waals surface area contributed by atoms with Gasteiger partial charge in [0.15, 0.2) is 0 Å². The summed E-state index contributed by atoms with van der Waals surface area (Å²) in [5, 5.41) is 0. The smallest absolute Gasteiger partial charge is 0.108 e. The number of hydrogen-bond acceptors (Lipinski definition) is 2. The largest absolute Gasteiger partial charge is 0.365 e. The molecule has 0 heterocycles. The van der Waals surface area contributed by atoms with Gasteiger partial charge < -0.3 is 4.74 Å². The molecule has 0 amide bonds. The van der Waals surface area contributed by atoms with E-state index in [4.69, 9.17) is 4.74 Å². The highest BCUT2D eigenvalue weighted by Gasteiger charge is 2.17. The Labute approximate surface area is 87.6 Å². The molecule has 0 aliphatic rings. The summed E-state index contributed by atoms with van der Waals surface area (Å²) in [5.41, 5.74) is 0. The van der Waals surface area contributed by atoms with Crippen LogP contribution in [0.1, 0.15) is 53.4 Å². The first-order valence-corrected chi connectivity index (χ1v) is 6.39. The van der Waals surface area contributed by atoms with Gasteiger partial charge in [-0.1, -0.05) is 26.7 Å². The number of hydrogen-bond donors (Lipinski definition) is 0. The fraction of sp³-hybridized carbons (Fsp3) is 1.00. The summed E-state index contributed by atoms with van der Waals surface area (Å²) >= 11 is 1.93. The molecule has 0 unspecified atom stereocenters. The molecule has 0 aromatic carbocycles. The standard InChI is InChI=1S/C11H24OS/c1-5-7-9-12-11(3,4)13-10-8-6-2/h5-10H2,1-4H3. The summed E-state index contributed by atoms with van der Waals surface area (Å²) in [6, 6.07) is 0. The topological polar surface area (TPSA) is 9.23 Å². The van der Waals surface area contributed by atoms with Crippen molar-refractivity contribution in [3.05, 3.63) is 0 Å². The summed E-state index contributed by atoms with van der Waals surface area (Å²) in [7, 11) is 0. The van der Waals surface area contributed by atoms with E-state index in [0.29, 0.717) is 0 Å². The van der Waals surface area contributed by atoms with Crippen molar-refractivity contribution in [2.24, 2.45) is 0 Å². The Kier molecular flexibility index (Phi) is 7.87. The highest BCUT2D eigenvalue weighted by atomic mass is 32.2. The Morgan fingerprint density at radius 3 is 2.23 bits per heavy atom. The fourth-order valence-corrected chi connectivity index (χ4v) is 2.06. The monoisotopic (exact) mass is 204 g/mol. The van der Waals surface area contributed by atoms with Crippen molar-refractivity contribution in [1.29, 1.82) is 0 Å². The zero-order valence-electron chi connectivity index (χ0n) is 9.56. The van der Waals surface area contributed by atoms with Crippen LogP contribution in [0.4, 0.5) is 0 Å². The van der Waals surface area contributed by atoms with Gasteiger partial charge in [-0.3, -0.25) is 0 Å². The lowest BCUT2D eigenvalue weighted by Crippen LogP contribution is -2.21. The van der Waals surface area contributed by atoms with Crippen molar-refractivity contribution >= 4 is 11.8 Å². The molecule has 0 bridgehead atoms. The molecule has 0 radical (unpaired) electrons. The molecular formula is C11H24OS. The average Bonchev–Trinajstić information content (AvgIpc) is 2.05. The molecule has 0 spiro atoms. The lowest BCUT2D eigenvalue weighted by molar-refractivity contribution is 0.0506. The molecule has 0 aromatic rings. The first-order valence-electron chi connectivity index (χ1n) is 5.40. The zero-order chi connectivity index (χ0) is 10.2. The molecule has 0 aromatic heterocycles. The van der Waals surface area contributed by atoms with Crippen LogP contribution < -0.4 is 0 Å². The molecule has 2 heteroatoms. The van der Waals surface area contributed by atoms with Crippen molar-refractivity contribution in [2.45, 2.75) is 58.3 Å². The van der Waals surface area contributed by atoms with Gasteiger partial charge in [0.1, 0.15) is 4.93 Å². The number of ether oxygens (including phenoxy) is 1. The van der Waals surface area contributed by atoms with E-state index in [1.165, 1.54) is 31.4 Å². The fourth-order valence-electron chi connectivity index (χ4n) is 0.966. The second-order valence-corrected chi connectivity index (χ2v) is 5.48. The summed E-state index contributed by atoms with van der Waals surface area (Å²) in [4.78, 5) is 0.0182. The third-order valence-electron chi connectivity index (χ3n) is 1.90. The van der Waals surface area contributed by atoms with Gasteiger partial charge in [-0.05, 0) is 32.4 Å². The van der Waals surface area contributed by atoms with Crippen LogP contribution in [0.2, 0.25) is 0 Å². The molecule has 0 rings (SSSR count). The van der Waals surface area contributed by atoms with E-state index in [2.05, 4.69) is 27.7 Å². The molecule has 0 aliphatic carbocycles. The average molecular weight is 204 g/mol. The van der Waals surface area contributed by atoms with Gasteiger partial charge in [0, 0.05) is 6.61 Å².